The highest BCUT2D eigenvalue weighted by Crippen LogP contribution is 2.29. The molecule has 1 fully saturated rings. The number of hydrogen-bond donors (Lipinski definition) is 1. The van der Waals surface area contributed by atoms with Crippen molar-refractivity contribution in [3.63, 3.8) is 0 Å². The molecule has 5 nitrogen and oxygen atoms in total. The number of nitrogens with one attached hydrogen (secondary N) is 1. The van der Waals surface area contributed by atoms with Crippen molar-refractivity contribution in [2.24, 2.45) is 0 Å². The van der Waals surface area contributed by atoms with Crippen LogP contribution >= 0.6 is 11.6 Å². The van der Waals surface area contributed by atoms with Crippen LogP contribution in [0, 0.1) is 0 Å². The number of carbonyl (C=O) groups excluding carboxylic acids is 3. The van der Waals surface area contributed by atoms with Crippen LogP contribution in [0.3, 0.4) is 0 Å². The first-order valence-corrected chi connectivity index (χ1v) is 8.75. The molecular formula is C20H19ClN2O3. The summed E-state index contributed by atoms with van der Waals surface area (Å²) >= 11 is 5.89. The Morgan fingerprint density at radius 1 is 1.08 bits per heavy atom. The summed E-state index contributed by atoms with van der Waals surface area (Å²) in [6, 6.07) is 13.3. The fourth-order valence-corrected chi connectivity index (χ4v) is 3.11. The van der Waals surface area contributed by atoms with E-state index in [1.54, 1.807) is 43.3 Å². The van der Waals surface area contributed by atoms with E-state index in [-0.39, 0.29) is 12.3 Å². The largest absolute Gasteiger partial charge is 0.325 e. The zero-order chi connectivity index (χ0) is 18.9. The van der Waals surface area contributed by atoms with E-state index in [2.05, 4.69) is 5.32 Å². The highest BCUT2D eigenvalue weighted by Gasteiger charge is 2.49. The third kappa shape index (κ3) is 3.22. The highest BCUT2D eigenvalue weighted by molar-refractivity contribution is 6.30. The second-order valence-corrected chi connectivity index (χ2v) is 6.86. The van der Waals surface area contributed by atoms with Gasteiger partial charge in [0.25, 0.3) is 5.91 Å². The van der Waals surface area contributed by atoms with Gasteiger partial charge in [-0.15, -0.1) is 0 Å². The molecule has 0 bridgehead atoms. The van der Waals surface area contributed by atoms with Crippen LogP contribution < -0.4 is 5.32 Å². The molecule has 0 aliphatic carbocycles. The summed E-state index contributed by atoms with van der Waals surface area (Å²) in [6.07, 6.45) is 0.876. The van der Waals surface area contributed by atoms with Crippen molar-refractivity contribution in [2.45, 2.75) is 25.8 Å². The molecule has 1 atom stereocenters. The first-order chi connectivity index (χ1) is 12.3. The molecule has 1 aliphatic rings. The Bertz CT molecular complexity index is 862. The fourth-order valence-electron chi connectivity index (χ4n) is 2.98. The molecule has 6 heteroatoms. The minimum atomic E-state index is -1.21. The van der Waals surface area contributed by atoms with E-state index < -0.39 is 17.5 Å². The highest BCUT2D eigenvalue weighted by atomic mass is 35.5. The molecule has 2 aromatic rings. The molecule has 3 amide bonds. The maximum Gasteiger partial charge on any atom is 0.325 e. The number of carbonyl (C=O) groups is 3. The van der Waals surface area contributed by atoms with Gasteiger partial charge in [-0.05, 0) is 36.6 Å². The van der Waals surface area contributed by atoms with Gasteiger partial charge in [-0.2, -0.15) is 0 Å². The monoisotopic (exact) mass is 370 g/mol. The van der Waals surface area contributed by atoms with Gasteiger partial charge in [-0.1, -0.05) is 54.9 Å². The smallest absolute Gasteiger partial charge is 0.319 e. The Kier molecular flexibility index (Phi) is 4.83. The van der Waals surface area contributed by atoms with Crippen molar-refractivity contribution in [2.75, 3.05) is 6.54 Å². The van der Waals surface area contributed by atoms with Gasteiger partial charge in [0.2, 0.25) is 0 Å². The summed E-state index contributed by atoms with van der Waals surface area (Å²) in [5.74, 6) is -0.736. The Morgan fingerprint density at radius 2 is 1.69 bits per heavy atom. The number of ketones is 1. The van der Waals surface area contributed by atoms with E-state index in [1.807, 2.05) is 19.1 Å². The van der Waals surface area contributed by atoms with Crippen LogP contribution in [0.15, 0.2) is 48.5 Å². The standard InChI is InChI=1S/C20H19ClN2O3/c1-3-13-4-6-14(7-5-13)17(24)12-23-18(25)20(2,22-19(23)26)15-8-10-16(21)11-9-15/h4-11H,3,12H2,1-2H3,(H,22,26)/t20-/m0/s1. The van der Waals surface area contributed by atoms with Crippen molar-refractivity contribution in [3.05, 3.63) is 70.2 Å². The number of amides is 3. The fraction of sp³-hybridized carbons (Fsp3) is 0.250. The van der Waals surface area contributed by atoms with Gasteiger partial charge in [0.05, 0.1) is 6.54 Å². The third-order valence-electron chi connectivity index (χ3n) is 4.68. The van der Waals surface area contributed by atoms with Crippen LogP contribution in [0.4, 0.5) is 4.79 Å². The maximum atomic E-state index is 12.8. The Labute approximate surface area is 156 Å². The van der Waals surface area contributed by atoms with Gasteiger partial charge >= 0.3 is 6.03 Å². The molecule has 1 saturated heterocycles. The predicted octanol–water partition coefficient (Wildman–Crippen LogP) is 3.55. The average Bonchev–Trinajstić information content (AvgIpc) is 2.86. The topological polar surface area (TPSA) is 66.5 Å². The molecule has 0 spiro atoms. The Balaban J connectivity index is 1.80. The third-order valence-corrected chi connectivity index (χ3v) is 4.93. The molecule has 1 N–H and O–H groups in total. The zero-order valence-electron chi connectivity index (χ0n) is 14.6. The molecular weight excluding hydrogens is 352 g/mol. The lowest BCUT2D eigenvalue weighted by molar-refractivity contribution is -0.130. The predicted molar refractivity (Wildman–Crippen MR) is 99.2 cm³/mol. The summed E-state index contributed by atoms with van der Waals surface area (Å²) in [4.78, 5) is 38.6. The molecule has 0 radical (unpaired) electrons. The van der Waals surface area contributed by atoms with Crippen LogP contribution in [0.1, 0.15) is 35.3 Å². The van der Waals surface area contributed by atoms with Gasteiger partial charge in [-0.25, -0.2) is 4.79 Å². The molecule has 1 aliphatic heterocycles. The minimum absolute atomic E-state index is 0.281. The number of halogens is 1. The summed E-state index contributed by atoms with van der Waals surface area (Å²) in [5, 5.41) is 3.22. The summed E-state index contributed by atoms with van der Waals surface area (Å²) < 4.78 is 0. The lowest BCUT2D eigenvalue weighted by atomic mass is 9.92. The number of aryl methyl sites for hydroxylation is 1. The number of hydrogen-bond acceptors (Lipinski definition) is 3. The number of imide groups is 1. The van der Waals surface area contributed by atoms with Crippen LogP contribution in [0.25, 0.3) is 0 Å². The van der Waals surface area contributed by atoms with Crippen LogP contribution in [0.2, 0.25) is 5.02 Å². The van der Waals surface area contributed by atoms with Gasteiger partial charge in [0.15, 0.2) is 5.78 Å². The van der Waals surface area contributed by atoms with E-state index in [0.717, 1.165) is 16.9 Å². The van der Waals surface area contributed by atoms with Crippen molar-refractivity contribution in [1.29, 1.82) is 0 Å². The molecule has 134 valence electrons. The van der Waals surface area contributed by atoms with Gasteiger partial charge in [-0.3, -0.25) is 14.5 Å². The second-order valence-electron chi connectivity index (χ2n) is 6.43. The Morgan fingerprint density at radius 3 is 2.27 bits per heavy atom. The number of nitrogens with zero attached hydrogens (tertiary/aromatic N) is 1. The van der Waals surface area contributed by atoms with Gasteiger partial charge in [0, 0.05) is 10.6 Å². The van der Waals surface area contributed by atoms with E-state index in [4.69, 9.17) is 11.6 Å². The average molecular weight is 371 g/mol. The maximum absolute atomic E-state index is 12.8. The van der Waals surface area contributed by atoms with Crippen molar-refractivity contribution in [3.8, 4) is 0 Å². The summed E-state index contributed by atoms with van der Waals surface area (Å²) in [6.45, 7) is 3.36. The number of urea groups is 1. The molecule has 3 rings (SSSR count). The number of Topliss-reactive ketones (excluding diaryl/α,β-unsaturated/α-hetero) is 1. The van der Waals surface area contributed by atoms with Crippen LogP contribution in [-0.4, -0.2) is 29.2 Å². The number of rotatable bonds is 5. The summed E-state index contributed by atoms with van der Waals surface area (Å²) in [5.41, 5.74) is 0.992. The lowest BCUT2D eigenvalue weighted by Crippen LogP contribution is -2.41. The van der Waals surface area contributed by atoms with Crippen LogP contribution in [0.5, 0.6) is 0 Å². The molecule has 2 aromatic carbocycles. The van der Waals surface area contributed by atoms with Gasteiger partial charge < -0.3 is 5.32 Å². The normalized spacial score (nSPS) is 19.6. The van der Waals surface area contributed by atoms with Crippen molar-refractivity contribution >= 4 is 29.3 Å². The van der Waals surface area contributed by atoms with E-state index in [0.29, 0.717) is 16.1 Å². The van der Waals surface area contributed by atoms with Gasteiger partial charge in [0.1, 0.15) is 5.54 Å². The number of benzene rings is 2. The molecule has 0 aromatic heterocycles. The second kappa shape index (κ2) is 6.92. The van der Waals surface area contributed by atoms with Crippen molar-refractivity contribution < 1.29 is 14.4 Å². The Hall–Kier alpha value is -2.66. The molecule has 26 heavy (non-hydrogen) atoms. The molecule has 0 unspecified atom stereocenters. The summed E-state index contributed by atoms with van der Waals surface area (Å²) in [7, 11) is 0. The van der Waals surface area contributed by atoms with Crippen molar-refractivity contribution in [1.82, 2.24) is 10.2 Å². The molecule has 0 saturated carbocycles. The zero-order valence-corrected chi connectivity index (χ0v) is 15.3. The molecule has 1 heterocycles. The lowest BCUT2D eigenvalue weighted by Gasteiger charge is -2.22. The van der Waals surface area contributed by atoms with E-state index in [9.17, 15) is 14.4 Å². The minimum Gasteiger partial charge on any atom is -0.319 e. The quantitative estimate of drug-likeness (QED) is 0.646. The first-order valence-electron chi connectivity index (χ1n) is 8.37. The SMILES string of the molecule is CCc1ccc(C(=O)CN2C(=O)N[C@@](C)(c3ccc(Cl)cc3)C2=O)cc1. The first kappa shape index (κ1) is 18.1. The van der Waals surface area contributed by atoms with Crippen LogP contribution in [-0.2, 0) is 16.8 Å². The van der Waals surface area contributed by atoms with E-state index in [1.165, 1.54) is 0 Å². The van der Waals surface area contributed by atoms with E-state index >= 15 is 0 Å².